The minimum atomic E-state index is 0.299. The van der Waals surface area contributed by atoms with Crippen LogP contribution < -0.4 is 9.47 Å². The summed E-state index contributed by atoms with van der Waals surface area (Å²) in [6, 6.07) is 1.54. The zero-order valence-electron chi connectivity index (χ0n) is 6.17. The SMILES string of the molecule is COc1cc(Cl)c(OC)nn1. The third kappa shape index (κ3) is 1.71. The molecule has 0 atom stereocenters. The first-order chi connectivity index (χ1) is 5.27. The predicted octanol–water partition coefficient (Wildman–Crippen LogP) is 1.15. The lowest BCUT2D eigenvalue weighted by Gasteiger charge is -2.01. The molecule has 60 valence electrons. The van der Waals surface area contributed by atoms with E-state index in [0.717, 1.165) is 0 Å². The van der Waals surface area contributed by atoms with Gasteiger partial charge in [0.25, 0.3) is 5.88 Å². The summed E-state index contributed by atoms with van der Waals surface area (Å²) in [5, 5.41) is 7.67. The second-order valence-corrected chi connectivity index (χ2v) is 2.15. The number of halogens is 1. The largest absolute Gasteiger partial charge is 0.480 e. The van der Waals surface area contributed by atoms with E-state index in [1.54, 1.807) is 0 Å². The second-order valence-electron chi connectivity index (χ2n) is 1.74. The Morgan fingerprint density at radius 2 is 2.00 bits per heavy atom. The van der Waals surface area contributed by atoms with Gasteiger partial charge >= 0.3 is 0 Å². The van der Waals surface area contributed by atoms with E-state index in [4.69, 9.17) is 21.1 Å². The molecule has 1 heterocycles. The van der Waals surface area contributed by atoms with E-state index in [0.29, 0.717) is 16.8 Å². The number of ether oxygens (including phenoxy) is 2. The molecule has 11 heavy (non-hydrogen) atoms. The van der Waals surface area contributed by atoms with Crippen molar-refractivity contribution in [3.63, 3.8) is 0 Å². The average Bonchev–Trinajstić information content (AvgIpc) is 2.04. The van der Waals surface area contributed by atoms with Crippen LogP contribution in [0.1, 0.15) is 0 Å². The molecule has 0 spiro atoms. The molecule has 1 aromatic heterocycles. The van der Waals surface area contributed by atoms with Gasteiger partial charge < -0.3 is 9.47 Å². The van der Waals surface area contributed by atoms with Crippen LogP contribution in [0.2, 0.25) is 5.02 Å². The highest BCUT2D eigenvalue weighted by Gasteiger charge is 2.03. The highest BCUT2D eigenvalue weighted by atomic mass is 35.5. The minimum Gasteiger partial charge on any atom is -0.480 e. The van der Waals surface area contributed by atoms with Crippen LogP contribution in [0, 0.1) is 0 Å². The molecule has 0 saturated carbocycles. The zero-order chi connectivity index (χ0) is 8.27. The summed E-state index contributed by atoms with van der Waals surface area (Å²) >= 11 is 5.70. The van der Waals surface area contributed by atoms with Crippen molar-refractivity contribution in [3.05, 3.63) is 11.1 Å². The first kappa shape index (κ1) is 8.07. The molecule has 1 aromatic rings. The Hall–Kier alpha value is -1.03. The second kappa shape index (κ2) is 3.39. The molecule has 1 rings (SSSR count). The van der Waals surface area contributed by atoms with Gasteiger partial charge in [-0.05, 0) is 0 Å². The van der Waals surface area contributed by atoms with Crippen molar-refractivity contribution < 1.29 is 9.47 Å². The lowest BCUT2D eigenvalue weighted by Crippen LogP contribution is -1.94. The van der Waals surface area contributed by atoms with Gasteiger partial charge in [-0.25, -0.2) is 0 Å². The van der Waals surface area contributed by atoms with Gasteiger partial charge in [0, 0.05) is 6.07 Å². The van der Waals surface area contributed by atoms with E-state index >= 15 is 0 Å². The van der Waals surface area contributed by atoms with Crippen molar-refractivity contribution in [2.24, 2.45) is 0 Å². The zero-order valence-corrected chi connectivity index (χ0v) is 6.92. The van der Waals surface area contributed by atoms with Gasteiger partial charge in [-0.15, -0.1) is 10.2 Å². The molecule has 0 amide bonds. The summed E-state index contributed by atoms with van der Waals surface area (Å²) < 4.78 is 9.56. The van der Waals surface area contributed by atoms with Gasteiger partial charge in [-0.2, -0.15) is 0 Å². The van der Waals surface area contributed by atoms with Crippen LogP contribution >= 0.6 is 11.6 Å². The quantitative estimate of drug-likeness (QED) is 0.675. The summed E-state index contributed by atoms with van der Waals surface area (Å²) in [7, 11) is 2.97. The summed E-state index contributed by atoms with van der Waals surface area (Å²) in [5.74, 6) is 0.670. The maximum absolute atomic E-state index is 5.70. The Bertz CT molecular complexity index is 254. The van der Waals surface area contributed by atoms with Crippen molar-refractivity contribution in [2.75, 3.05) is 14.2 Å². The fourth-order valence-corrected chi connectivity index (χ4v) is 0.788. The van der Waals surface area contributed by atoms with E-state index in [2.05, 4.69) is 10.2 Å². The van der Waals surface area contributed by atoms with Gasteiger partial charge in [0.15, 0.2) is 0 Å². The summed E-state index contributed by atoms with van der Waals surface area (Å²) in [6.07, 6.45) is 0. The highest BCUT2D eigenvalue weighted by molar-refractivity contribution is 6.31. The van der Waals surface area contributed by atoms with Crippen LogP contribution in [0.3, 0.4) is 0 Å². The van der Waals surface area contributed by atoms with Gasteiger partial charge in [0.2, 0.25) is 5.88 Å². The molecular weight excluding hydrogens is 168 g/mol. The molecule has 0 aliphatic rings. The molecule has 0 unspecified atom stereocenters. The molecule has 4 nitrogen and oxygen atoms in total. The molecule has 0 saturated heterocycles. The molecule has 0 aliphatic carbocycles. The van der Waals surface area contributed by atoms with Crippen LogP contribution in [0.4, 0.5) is 0 Å². The molecule has 5 heteroatoms. The van der Waals surface area contributed by atoms with Gasteiger partial charge in [0.1, 0.15) is 5.02 Å². The fourth-order valence-electron chi connectivity index (χ4n) is 0.580. The number of hydrogen-bond acceptors (Lipinski definition) is 4. The fraction of sp³-hybridized carbons (Fsp3) is 0.333. The Kier molecular flexibility index (Phi) is 2.48. The Morgan fingerprint density at radius 1 is 1.27 bits per heavy atom. The number of methoxy groups -OCH3 is 2. The smallest absolute Gasteiger partial charge is 0.252 e. The molecular formula is C6H7ClN2O2. The van der Waals surface area contributed by atoms with E-state index in [-0.39, 0.29) is 0 Å². The monoisotopic (exact) mass is 174 g/mol. The maximum Gasteiger partial charge on any atom is 0.252 e. The molecule has 0 N–H and O–H groups in total. The number of hydrogen-bond donors (Lipinski definition) is 0. The van der Waals surface area contributed by atoms with Gasteiger partial charge in [-0.3, -0.25) is 0 Å². The molecule has 0 bridgehead atoms. The minimum absolute atomic E-state index is 0.299. The highest BCUT2D eigenvalue weighted by Crippen LogP contribution is 2.22. The number of nitrogens with zero attached hydrogens (tertiary/aromatic N) is 2. The average molecular weight is 175 g/mol. The third-order valence-corrected chi connectivity index (χ3v) is 1.37. The van der Waals surface area contributed by atoms with Crippen molar-refractivity contribution in [3.8, 4) is 11.8 Å². The molecule has 0 aliphatic heterocycles. The Labute approximate surface area is 69.1 Å². The van der Waals surface area contributed by atoms with E-state index in [9.17, 15) is 0 Å². The van der Waals surface area contributed by atoms with Crippen LogP contribution in [-0.4, -0.2) is 24.4 Å². The Balaban J connectivity index is 2.99. The first-order valence-corrected chi connectivity index (χ1v) is 3.27. The lowest BCUT2D eigenvalue weighted by atomic mass is 10.5. The van der Waals surface area contributed by atoms with Gasteiger partial charge in [-0.1, -0.05) is 11.6 Å². The number of aromatic nitrogens is 2. The van der Waals surface area contributed by atoms with Crippen molar-refractivity contribution in [2.45, 2.75) is 0 Å². The van der Waals surface area contributed by atoms with Crippen LogP contribution in [0.5, 0.6) is 11.8 Å². The Morgan fingerprint density at radius 3 is 2.45 bits per heavy atom. The van der Waals surface area contributed by atoms with Gasteiger partial charge in [0.05, 0.1) is 14.2 Å². The summed E-state index contributed by atoms with van der Waals surface area (Å²) in [4.78, 5) is 0. The topological polar surface area (TPSA) is 44.2 Å². The van der Waals surface area contributed by atoms with E-state index < -0.39 is 0 Å². The van der Waals surface area contributed by atoms with E-state index in [1.807, 2.05) is 0 Å². The van der Waals surface area contributed by atoms with Crippen LogP contribution in [0.25, 0.3) is 0 Å². The molecule has 0 radical (unpaired) electrons. The molecule has 0 fully saturated rings. The maximum atomic E-state index is 5.70. The van der Waals surface area contributed by atoms with Crippen LogP contribution in [-0.2, 0) is 0 Å². The van der Waals surface area contributed by atoms with E-state index in [1.165, 1.54) is 20.3 Å². The summed E-state index contributed by atoms with van der Waals surface area (Å²) in [6.45, 7) is 0. The first-order valence-electron chi connectivity index (χ1n) is 2.89. The van der Waals surface area contributed by atoms with Crippen molar-refractivity contribution in [1.29, 1.82) is 0 Å². The summed E-state index contributed by atoms with van der Waals surface area (Å²) in [5.41, 5.74) is 0. The number of rotatable bonds is 2. The van der Waals surface area contributed by atoms with Crippen LogP contribution in [0.15, 0.2) is 6.07 Å². The normalized spacial score (nSPS) is 9.36. The van der Waals surface area contributed by atoms with Crippen molar-refractivity contribution >= 4 is 11.6 Å². The molecule has 0 aromatic carbocycles. The third-order valence-electron chi connectivity index (χ3n) is 1.10. The van der Waals surface area contributed by atoms with Crippen molar-refractivity contribution in [1.82, 2.24) is 10.2 Å². The standard InChI is InChI=1S/C6H7ClN2O2/c1-10-5-3-4(7)6(11-2)9-8-5/h3H,1-2H3. The lowest BCUT2D eigenvalue weighted by molar-refractivity contribution is 0.367. The predicted molar refractivity (Wildman–Crippen MR) is 40.1 cm³/mol.